The second kappa shape index (κ2) is 8.15. The third-order valence-corrected chi connectivity index (χ3v) is 3.75. The van der Waals surface area contributed by atoms with Crippen molar-refractivity contribution >= 4 is 29.2 Å². The molecule has 0 saturated carbocycles. The van der Waals surface area contributed by atoms with Gasteiger partial charge in [0.25, 0.3) is 5.91 Å². The van der Waals surface area contributed by atoms with Crippen LogP contribution in [-0.2, 0) is 19.1 Å². The first-order chi connectivity index (χ1) is 12.6. The molecule has 1 aliphatic rings. The summed E-state index contributed by atoms with van der Waals surface area (Å²) in [5.74, 6) is -0.624. The van der Waals surface area contributed by atoms with Crippen molar-refractivity contribution in [3.63, 3.8) is 0 Å². The van der Waals surface area contributed by atoms with Gasteiger partial charge in [-0.05, 0) is 24.3 Å². The minimum atomic E-state index is -0.538. The summed E-state index contributed by atoms with van der Waals surface area (Å²) >= 11 is 0. The third-order valence-electron chi connectivity index (χ3n) is 3.75. The Kier molecular flexibility index (Phi) is 5.48. The Labute approximate surface area is 150 Å². The third kappa shape index (κ3) is 4.38. The lowest BCUT2D eigenvalue weighted by Crippen LogP contribution is -2.44. The molecule has 0 fully saturated rings. The minimum absolute atomic E-state index is 0.0270. The number of benzene rings is 2. The first kappa shape index (κ1) is 17.5. The minimum Gasteiger partial charge on any atom is -0.493 e. The van der Waals surface area contributed by atoms with Crippen molar-refractivity contribution in [2.24, 2.45) is 0 Å². The Morgan fingerprint density at radius 3 is 2.58 bits per heavy atom. The van der Waals surface area contributed by atoms with Crippen molar-refractivity contribution in [3.05, 3.63) is 54.6 Å². The van der Waals surface area contributed by atoms with E-state index in [4.69, 9.17) is 9.47 Å². The summed E-state index contributed by atoms with van der Waals surface area (Å²) in [6.07, 6.45) is 0.0270. The van der Waals surface area contributed by atoms with Crippen molar-refractivity contribution < 1.29 is 23.9 Å². The summed E-state index contributed by atoms with van der Waals surface area (Å²) in [7, 11) is 0. The van der Waals surface area contributed by atoms with E-state index >= 15 is 0 Å². The number of anilines is 2. The molecule has 26 heavy (non-hydrogen) atoms. The molecule has 134 valence electrons. The highest BCUT2D eigenvalue weighted by molar-refractivity contribution is 6.10. The Morgan fingerprint density at radius 1 is 1.04 bits per heavy atom. The average Bonchev–Trinajstić information content (AvgIpc) is 2.66. The van der Waals surface area contributed by atoms with Gasteiger partial charge in [0.2, 0.25) is 5.91 Å². The molecule has 0 saturated heterocycles. The zero-order valence-electron chi connectivity index (χ0n) is 14.0. The van der Waals surface area contributed by atoms with Crippen molar-refractivity contribution in [2.75, 3.05) is 30.0 Å². The molecule has 0 aliphatic carbocycles. The van der Waals surface area contributed by atoms with Crippen molar-refractivity contribution in [1.29, 1.82) is 0 Å². The number of esters is 1. The number of carbonyl (C=O) groups is 3. The zero-order chi connectivity index (χ0) is 18.4. The van der Waals surface area contributed by atoms with E-state index in [2.05, 4.69) is 5.32 Å². The monoisotopic (exact) mass is 354 g/mol. The number of ether oxygens (including phenoxy) is 2. The van der Waals surface area contributed by atoms with Gasteiger partial charge in [0.1, 0.15) is 12.3 Å². The van der Waals surface area contributed by atoms with Crippen LogP contribution in [0.3, 0.4) is 0 Å². The van der Waals surface area contributed by atoms with Crippen LogP contribution in [-0.4, -0.2) is 37.5 Å². The fourth-order valence-electron chi connectivity index (χ4n) is 2.52. The molecular weight excluding hydrogens is 336 g/mol. The molecule has 2 amide bonds. The smallest absolute Gasteiger partial charge is 0.309 e. The van der Waals surface area contributed by atoms with E-state index in [9.17, 15) is 14.4 Å². The average molecular weight is 354 g/mol. The molecule has 2 aromatic carbocycles. The van der Waals surface area contributed by atoms with Gasteiger partial charge in [0.15, 0.2) is 6.61 Å². The molecule has 0 spiro atoms. The van der Waals surface area contributed by atoms with Gasteiger partial charge in [-0.15, -0.1) is 0 Å². The number of fused-ring (bicyclic) bond motifs is 1. The number of hydrogen-bond acceptors (Lipinski definition) is 5. The topological polar surface area (TPSA) is 84.9 Å². The summed E-state index contributed by atoms with van der Waals surface area (Å²) < 4.78 is 10.4. The number of hydrogen-bond donors (Lipinski definition) is 1. The van der Waals surface area contributed by atoms with Gasteiger partial charge < -0.3 is 14.8 Å². The SMILES string of the molecule is O=C1CN(C(=O)COC(=O)CCOc2ccccc2)c2ccccc2N1. The van der Waals surface area contributed by atoms with E-state index in [1.165, 1.54) is 4.90 Å². The van der Waals surface area contributed by atoms with Crippen molar-refractivity contribution in [1.82, 2.24) is 0 Å². The lowest BCUT2D eigenvalue weighted by atomic mass is 10.2. The first-order valence-corrected chi connectivity index (χ1v) is 8.16. The van der Waals surface area contributed by atoms with Gasteiger partial charge in [-0.25, -0.2) is 0 Å². The lowest BCUT2D eigenvalue weighted by Gasteiger charge is -2.28. The summed E-state index contributed by atoms with van der Waals surface area (Å²) in [5.41, 5.74) is 1.14. The van der Waals surface area contributed by atoms with Crippen LogP contribution in [0.25, 0.3) is 0 Å². The van der Waals surface area contributed by atoms with Crippen LogP contribution in [0, 0.1) is 0 Å². The van der Waals surface area contributed by atoms with E-state index in [-0.39, 0.29) is 25.5 Å². The highest BCUT2D eigenvalue weighted by Gasteiger charge is 2.27. The Balaban J connectivity index is 1.48. The highest BCUT2D eigenvalue weighted by atomic mass is 16.5. The van der Waals surface area contributed by atoms with Gasteiger partial charge >= 0.3 is 5.97 Å². The van der Waals surface area contributed by atoms with Crippen molar-refractivity contribution in [3.8, 4) is 5.75 Å². The second-order valence-electron chi connectivity index (χ2n) is 5.62. The molecule has 7 heteroatoms. The molecule has 1 aliphatic heterocycles. The predicted octanol–water partition coefficient (Wildman–Crippen LogP) is 1.98. The quantitative estimate of drug-likeness (QED) is 0.802. The molecule has 0 aromatic heterocycles. The summed E-state index contributed by atoms with van der Waals surface area (Å²) in [4.78, 5) is 37.2. The van der Waals surface area contributed by atoms with Crippen LogP contribution in [0.4, 0.5) is 11.4 Å². The van der Waals surface area contributed by atoms with Gasteiger partial charge in [-0.1, -0.05) is 30.3 Å². The Hall–Kier alpha value is -3.35. The Morgan fingerprint density at radius 2 is 1.77 bits per heavy atom. The summed E-state index contributed by atoms with van der Waals surface area (Å²) in [6.45, 7) is -0.373. The van der Waals surface area contributed by atoms with Crippen LogP contribution in [0.5, 0.6) is 5.75 Å². The summed E-state index contributed by atoms with van der Waals surface area (Å²) in [6, 6.07) is 16.1. The van der Waals surface area contributed by atoms with E-state index in [1.54, 1.807) is 36.4 Å². The van der Waals surface area contributed by atoms with Crippen molar-refractivity contribution in [2.45, 2.75) is 6.42 Å². The van der Waals surface area contributed by atoms with Gasteiger partial charge in [-0.3, -0.25) is 19.3 Å². The lowest BCUT2D eigenvalue weighted by molar-refractivity contribution is -0.148. The first-order valence-electron chi connectivity index (χ1n) is 8.16. The zero-order valence-corrected chi connectivity index (χ0v) is 14.0. The number of amides is 2. The van der Waals surface area contributed by atoms with E-state index in [1.807, 2.05) is 18.2 Å². The predicted molar refractivity (Wildman–Crippen MR) is 94.9 cm³/mol. The van der Waals surface area contributed by atoms with Crippen LogP contribution in [0.15, 0.2) is 54.6 Å². The Bertz CT molecular complexity index is 807. The molecule has 0 bridgehead atoms. The molecule has 0 atom stereocenters. The fraction of sp³-hybridized carbons (Fsp3) is 0.211. The molecule has 1 N–H and O–H groups in total. The van der Waals surface area contributed by atoms with E-state index in [0.717, 1.165) is 0 Å². The molecule has 0 unspecified atom stereocenters. The normalized spacial score (nSPS) is 12.8. The molecule has 3 rings (SSSR count). The van der Waals surface area contributed by atoms with Crippen LogP contribution in [0.2, 0.25) is 0 Å². The number of carbonyl (C=O) groups excluding carboxylic acids is 3. The molecule has 0 radical (unpaired) electrons. The van der Waals surface area contributed by atoms with Crippen LogP contribution in [0.1, 0.15) is 6.42 Å². The number of nitrogens with zero attached hydrogens (tertiary/aromatic N) is 1. The molecule has 7 nitrogen and oxygen atoms in total. The van der Waals surface area contributed by atoms with Gasteiger partial charge in [0, 0.05) is 0 Å². The number of rotatable bonds is 6. The molecule has 1 heterocycles. The van der Waals surface area contributed by atoms with Gasteiger partial charge in [0.05, 0.1) is 24.4 Å². The fourth-order valence-corrected chi connectivity index (χ4v) is 2.52. The number of nitrogens with one attached hydrogen (secondary N) is 1. The highest BCUT2D eigenvalue weighted by Crippen LogP contribution is 2.28. The number of para-hydroxylation sites is 3. The van der Waals surface area contributed by atoms with E-state index in [0.29, 0.717) is 17.1 Å². The van der Waals surface area contributed by atoms with Crippen LogP contribution >= 0.6 is 0 Å². The standard InChI is InChI=1S/C19H18N2O5/c22-17-12-21(16-9-5-4-8-15(16)20-17)18(23)13-26-19(24)10-11-25-14-6-2-1-3-7-14/h1-9H,10-13H2,(H,20,22). The maximum absolute atomic E-state index is 12.3. The summed E-state index contributed by atoms with van der Waals surface area (Å²) in [5, 5.41) is 2.70. The van der Waals surface area contributed by atoms with Gasteiger partial charge in [-0.2, -0.15) is 0 Å². The molecular formula is C19H18N2O5. The van der Waals surface area contributed by atoms with Crippen LogP contribution < -0.4 is 15.0 Å². The largest absolute Gasteiger partial charge is 0.493 e. The molecule has 2 aromatic rings. The maximum Gasteiger partial charge on any atom is 0.309 e. The maximum atomic E-state index is 12.3. The van der Waals surface area contributed by atoms with E-state index < -0.39 is 18.5 Å². The second-order valence-corrected chi connectivity index (χ2v) is 5.62.